The second kappa shape index (κ2) is 6.19. The van der Waals surface area contributed by atoms with Crippen LogP contribution in [0.3, 0.4) is 0 Å². The smallest absolute Gasteiger partial charge is 0.134 e. The molecule has 0 aliphatic carbocycles. The van der Waals surface area contributed by atoms with Crippen LogP contribution in [-0.2, 0) is 0 Å². The lowest BCUT2D eigenvalue weighted by Crippen LogP contribution is -2.30. The van der Waals surface area contributed by atoms with Gasteiger partial charge in [0.1, 0.15) is 17.5 Å². The summed E-state index contributed by atoms with van der Waals surface area (Å²) in [5.74, 6) is 2.80. The third-order valence-electron chi connectivity index (χ3n) is 3.75. The predicted molar refractivity (Wildman–Crippen MR) is 79.8 cm³/mol. The van der Waals surface area contributed by atoms with Crippen LogP contribution in [0.2, 0.25) is 0 Å². The molecule has 5 heteroatoms. The van der Waals surface area contributed by atoms with Crippen molar-refractivity contribution in [3.63, 3.8) is 0 Å². The van der Waals surface area contributed by atoms with Crippen LogP contribution in [0.1, 0.15) is 32.5 Å². The number of aromatic nitrogens is 2. The van der Waals surface area contributed by atoms with Crippen molar-refractivity contribution in [2.45, 2.75) is 45.7 Å². The Hall–Kier alpha value is -1.36. The largest absolute Gasteiger partial charge is 0.367 e. The molecule has 1 saturated heterocycles. The molecule has 106 valence electrons. The summed E-state index contributed by atoms with van der Waals surface area (Å²) < 4.78 is 0. The molecule has 1 aliphatic rings. The fraction of sp³-hybridized carbons (Fsp3) is 0.714. The molecular weight excluding hydrogens is 238 g/mol. The Kier molecular flexibility index (Phi) is 4.58. The molecule has 0 aromatic carbocycles. The van der Waals surface area contributed by atoms with Crippen LogP contribution in [0.25, 0.3) is 0 Å². The normalized spacial score (nSPS) is 20.6. The van der Waals surface area contributed by atoms with E-state index in [0.29, 0.717) is 12.1 Å². The Labute approximate surface area is 115 Å². The zero-order chi connectivity index (χ0) is 13.8. The van der Waals surface area contributed by atoms with E-state index in [2.05, 4.69) is 45.4 Å². The van der Waals surface area contributed by atoms with Gasteiger partial charge in [0.15, 0.2) is 0 Å². The van der Waals surface area contributed by atoms with Crippen molar-refractivity contribution in [2.24, 2.45) is 0 Å². The molecule has 5 nitrogen and oxygen atoms in total. The van der Waals surface area contributed by atoms with Gasteiger partial charge in [-0.2, -0.15) is 0 Å². The maximum Gasteiger partial charge on any atom is 0.134 e. The molecule has 1 fully saturated rings. The lowest BCUT2D eigenvalue weighted by Gasteiger charge is -2.20. The molecule has 2 N–H and O–H groups in total. The summed E-state index contributed by atoms with van der Waals surface area (Å²) in [6.45, 7) is 8.38. The fourth-order valence-corrected chi connectivity index (χ4v) is 2.35. The van der Waals surface area contributed by atoms with E-state index in [9.17, 15) is 0 Å². The van der Waals surface area contributed by atoms with E-state index in [4.69, 9.17) is 0 Å². The van der Waals surface area contributed by atoms with Crippen LogP contribution >= 0.6 is 0 Å². The van der Waals surface area contributed by atoms with Gasteiger partial charge in [0, 0.05) is 31.2 Å². The van der Waals surface area contributed by atoms with Crippen LogP contribution in [0.5, 0.6) is 0 Å². The van der Waals surface area contributed by atoms with Crippen LogP contribution < -0.4 is 15.5 Å². The van der Waals surface area contributed by atoms with Gasteiger partial charge in [-0.1, -0.05) is 6.92 Å². The van der Waals surface area contributed by atoms with Crippen LogP contribution in [-0.4, -0.2) is 42.2 Å². The first-order valence-electron chi connectivity index (χ1n) is 7.16. The van der Waals surface area contributed by atoms with Gasteiger partial charge in [-0.05, 0) is 33.7 Å². The summed E-state index contributed by atoms with van der Waals surface area (Å²) in [4.78, 5) is 11.4. The van der Waals surface area contributed by atoms with E-state index in [1.54, 1.807) is 0 Å². The van der Waals surface area contributed by atoms with Gasteiger partial charge in [-0.3, -0.25) is 0 Å². The van der Waals surface area contributed by atoms with E-state index in [0.717, 1.165) is 37.0 Å². The molecule has 19 heavy (non-hydrogen) atoms. The minimum Gasteiger partial charge on any atom is -0.367 e. The molecule has 2 atom stereocenters. The van der Waals surface area contributed by atoms with Gasteiger partial charge in [0.2, 0.25) is 0 Å². The average Bonchev–Trinajstić information content (AvgIpc) is 2.86. The number of nitrogens with zero attached hydrogens (tertiary/aromatic N) is 3. The molecule has 0 radical (unpaired) electrons. The molecule has 0 amide bonds. The summed E-state index contributed by atoms with van der Waals surface area (Å²) in [7, 11) is 2.02. The highest BCUT2D eigenvalue weighted by molar-refractivity contribution is 5.50. The Morgan fingerprint density at radius 3 is 2.89 bits per heavy atom. The van der Waals surface area contributed by atoms with E-state index in [-0.39, 0.29) is 0 Å². The Balaban J connectivity index is 2.12. The third-order valence-corrected chi connectivity index (χ3v) is 3.75. The second-order valence-electron chi connectivity index (χ2n) is 5.33. The van der Waals surface area contributed by atoms with Crippen molar-refractivity contribution in [2.75, 3.05) is 30.4 Å². The van der Waals surface area contributed by atoms with E-state index >= 15 is 0 Å². The molecule has 0 bridgehead atoms. The Morgan fingerprint density at radius 2 is 2.26 bits per heavy atom. The third kappa shape index (κ3) is 3.56. The zero-order valence-electron chi connectivity index (χ0n) is 12.4. The standard InChI is InChI=1S/C14H25N5/c1-5-10(2)16-13-8-14(18-11(3)17-13)19-7-6-12(9-19)15-4/h8,10,12,15H,5-7,9H2,1-4H3,(H,16,17,18). The summed E-state index contributed by atoms with van der Waals surface area (Å²) in [5.41, 5.74) is 0. The number of hydrogen-bond acceptors (Lipinski definition) is 5. The molecular formula is C14H25N5. The van der Waals surface area contributed by atoms with Crippen LogP contribution in [0, 0.1) is 6.92 Å². The number of aryl methyl sites for hydroxylation is 1. The van der Waals surface area contributed by atoms with E-state index in [1.807, 2.05) is 14.0 Å². The van der Waals surface area contributed by atoms with Gasteiger partial charge in [-0.25, -0.2) is 9.97 Å². The average molecular weight is 263 g/mol. The lowest BCUT2D eigenvalue weighted by atomic mass is 10.2. The Morgan fingerprint density at radius 1 is 1.47 bits per heavy atom. The molecule has 2 unspecified atom stereocenters. The predicted octanol–water partition coefficient (Wildman–Crippen LogP) is 1.79. The number of hydrogen-bond donors (Lipinski definition) is 2. The topological polar surface area (TPSA) is 53.1 Å². The molecule has 1 aromatic rings. The molecule has 2 heterocycles. The van der Waals surface area contributed by atoms with Crippen molar-refractivity contribution < 1.29 is 0 Å². The highest BCUT2D eigenvalue weighted by Crippen LogP contribution is 2.21. The maximum absolute atomic E-state index is 4.56. The highest BCUT2D eigenvalue weighted by Gasteiger charge is 2.22. The van der Waals surface area contributed by atoms with Crippen LogP contribution in [0.15, 0.2) is 6.07 Å². The number of rotatable bonds is 5. The quantitative estimate of drug-likeness (QED) is 0.848. The SMILES string of the molecule is CCC(C)Nc1cc(N2CCC(NC)C2)nc(C)n1. The van der Waals surface area contributed by atoms with E-state index in [1.165, 1.54) is 6.42 Å². The minimum atomic E-state index is 0.436. The summed E-state index contributed by atoms with van der Waals surface area (Å²) in [6.07, 6.45) is 2.26. The van der Waals surface area contributed by atoms with Gasteiger partial charge >= 0.3 is 0 Å². The molecule has 1 aliphatic heterocycles. The van der Waals surface area contributed by atoms with Crippen LogP contribution in [0.4, 0.5) is 11.6 Å². The first-order chi connectivity index (χ1) is 9.12. The molecule has 2 rings (SSSR count). The second-order valence-corrected chi connectivity index (χ2v) is 5.33. The van der Waals surface area contributed by atoms with Crippen molar-refractivity contribution in [1.82, 2.24) is 15.3 Å². The summed E-state index contributed by atoms with van der Waals surface area (Å²) >= 11 is 0. The summed E-state index contributed by atoms with van der Waals surface area (Å²) in [6, 6.07) is 3.07. The van der Waals surface area contributed by atoms with Gasteiger partial charge in [0.25, 0.3) is 0 Å². The lowest BCUT2D eigenvalue weighted by molar-refractivity contribution is 0.616. The number of anilines is 2. The first kappa shape index (κ1) is 14.1. The summed E-state index contributed by atoms with van der Waals surface area (Å²) in [5, 5.41) is 6.76. The highest BCUT2D eigenvalue weighted by atomic mass is 15.2. The first-order valence-corrected chi connectivity index (χ1v) is 7.16. The zero-order valence-corrected chi connectivity index (χ0v) is 12.4. The number of likely N-dealkylation sites (N-methyl/N-ethyl adjacent to an activating group) is 1. The van der Waals surface area contributed by atoms with Crippen molar-refractivity contribution >= 4 is 11.6 Å². The molecule has 0 spiro atoms. The van der Waals surface area contributed by atoms with Gasteiger partial charge < -0.3 is 15.5 Å². The van der Waals surface area contributed by atoms with E-state index < -0.39 is 0 Å². The van der Waals surface area contributed by atoms with Gasteiger partial charge in [0.05, 0.1) is 0 Å². The molecule has 1 aromatic heterocycles. The van der Waals surface area contributed by atoms with Crippen molar-refractivity contribution in [3.8, 4) is 0 Å². The Bertz CT molecular complexity index is 420. The van der Waals surface area contributed by atoms with Gasteiger partial charge in [-0.15, -0.1) is 0 Å². The molecule has 0 saturated carbocycles. The van der Waals surface area contributed by atoms with Crippen molar-refractivity contribution in [3.05, 3.63) is 11.9 Å². The van der Waals surface area contributed by atoms with Crippen molar-refractivity contribution in [1.29, 1.82) is 0 Å². The maximum atomic E-state index is 4.56. The minimum absolute atomic E-state index is 0.436. The number of nitrogens with one attached hydrogen (secondary N) is 2. The fourth-order valence-electron chi connectivity index (χ4n) is 2.35. The monoisotopic (exact) mass is 263 g/mol.